The fourth-order valence-corrected chi connectivity index (χ4v) is 3.22. The number of hydrogen-bond donors (Lipinski definition) is 3. The average molecular weight is 411 g/mol. The summed E-state index contributed by atoms with van der Waals surface area (Å²) in [5.41, 5.74) is 6.45. The number of nitrogens with zero attached hydrogens (tertiary/aromatic N) is 1. The maximum Gasteiger partial charge on any atom is 0.348 e. The number of anilines is 1. The van der Waals surface area contributed by atoms with Crippen LogP contribution in [0.2, 0.25) is 0 Å². The number of aliphatic carboxylic acids is 1. The first-order valence-corrected chi connectivity index (χ1v) is 9.92. The molecule has 0 radical (unpaired) electrons. The summed E-state index contributed by atoms with van der Waals surface area (Å²) in [6.45, 7) is 2.70. The number of likely N-dealkylation sites (tertiary alicyclic amines) is 1. The Labute approximate surface area is 168 Å². The van der Waals surface area contributed by atoms with Gasteiger partial charge >= 0.3 is 11.9 Å². The number of rotatable bonds is 5. The number of thiophene rings is 1. The van der Waals surface area contributed by atoms with E-state index in [0.717, 1.165) is 30.0 Å². The molecule has 0 saturated carbocycles. The lowest BCUT2D eigenvalue weighted by atomic mass is 10.1. The zero-order valence-electron chi connectivity index (χ0n) is 15.7. The molecule has 154 valence electrons. The third-order valence-corrected chi connectivity index (χ3v) is 4.86. The molecule has 1 fully saturated rings. The van der Waals surface area contributed by atoms with Gasteiger partial charge in [-0.1, -0.05) is 36.8 Å². The SMILES string of the molecule is FCCN1CCCCC1.Nc1ccsc1C(=O)O.O=C(O)Cc1ccccc1. The van der Waals surface area contributed by atoms with Gasteiger partial charge in [-0.25, -0.2) is 9.18 Å². The summed E-state index contributed by atoms with van der Waals surface area (Å²) in [5.74, 6) is -1.74. The van der Waals surface area contributed by atoms with Gasteiger partial charge in [0.25, 0.3) is 0 Å². The van der Waals surface area contributed by atoms with Gasteiger partial charge in [0.15, 0.2) is 0 Å². The molecule has 0 spiro atoms. The van der Waals surface area contributed by atoms with Gasteiger partial charge in [0.05, 0.1) is 12.1 Å². The Hall–Kier alpha value is -2.45. The van der Waals surface area contributed by atoms with Crippen molar-refractivity contribution in [1.82, 2.24) is 4.90 Å². The minimum atomic E-state index is -0.956. The first kappa shape index (κ1) is 23.6. The molecule has 0 amide bonds. The van der Waals surface area contributed by atoms with Crippen LogP contribution in [0.1, 0.15) is 34.5 Å². The highest BCUT2D eigenvalue weighted by Gasteiger charge is 2.08. The molecule has 1 aromatic carbocycles. The third kappa shape index (κ3) is 10.0. The van der Waals surface area contributed by atoms with Crippen LogP contribution in [0.25, 0.3) is 0 Å². The Bertz CT molecular complexity index is 700. The van der Waals surface area contributed by atoms with E-state index in [-0.39, 0.29) is 18.0 Å². The van der Waals surface area contributed by atoms with Gasteiger partial charge in [-0.2, -0.15) is 0 Å². The maximum atomic E-state index is 11.7. The van der Waals surface area contributed by atoms with Crippen molar-refractivity contribution in [1.29, 1.82) is 0 Å². The zero-order chi connectivity index (χ0) is 20.8. The Balaban J connectivity index is 0.000000210. The van der Waals surface area contributed by atoms with E-state index < -0.39 is 11.9 Å². The summed E-state index contributed by atoms with van der Waals surface area (Å²) < 4.78 is 11.7. The molecule has 28 heavy (non-hydrogen) atoms. The molecule has 0 bridgehead atoms. The summed E-state index contributed by atoms with van der Waals surface area (Å²) in [5, 5.41) is 18.4. The van der Waals surface area contributed by atoms with E-state index in [0.29, 0.717) is 12.2 Å². The lowest BCUT2D eigenvalue weighted by Crippen LogP contribution is -2.31. The van der Waals surface area contributed by atoms with E-state index >= 15 is 0 Å². The zero-order valence-corrected chi connectivity index (χ0v) is 16.5. The van der Waals surface area contributed by atoms with E-state index in [9.17, 15) is 14.0 Å². The van der Waals surface area contributed by atoms with Gasteiger partial charge < -0.3 is 20.8 Å². The summed E-state index contributed by atoms with van der Waals surface area (Å²) in [7, 11) is 0. The molecule has 4 N–H and O–H groups in total. The van der Waals surface area contributed by atoms with Crippen LogP contribution < -0.4 is 5.73 Å². The van der Waals surface area contributed by atoms with Gasteiger partial charge in [-0.15, -0.1) is 11.3 Å². The molecule has 0 atom stereocenters. The Morgan fingerprint density at radius 1 is 1.07 bits per heavy atom. The van der Waals surface area contributed by atoms with Crippen molar-refractivity contribution in [2.75, 3.05) is 32.0 Å². The second-order valence-electron chi connectivity index (χ2n) is 6.16. The fraction of sp³-hybridized carbons (Fsp3) is 0.400. The second-order valence-corrected chi connectivity index (χ2v) is 7.07. The van der Waals surface area contributed by atoms with Crippen molar-refractivity contribution < 1.29 is 24.2 Å². The minimum Gasteiger partial charge on any atom is -0.481 e. The number of carboxylic acid groups (broad SMARTS) is 2. The van der Waals surface area contributed by atoms with Gasteiger partial charge in [-0.05, 0) is 42.9 Å². The van der Waals surface area contributed by atoms with Crippen LogP contribution >= 0.6 is 11.3 Å². The number of hydrogen-bond acceptors (Lipinski definition) is 5. The molecule has 3 rings (SSSR count). The lowest BCUT2D eigenvalue weighted by molar-refractivity contribution is -0.136. The summed E-state index contributed by atoms with van der Waals surface area (Å²) in [6, 6.07) is 10.7. The van der Waals surface area contributed by atoms with Crippen molar-refractivity contribution >= 4 is 29.0 Å². The van der Waals surface area contributed by atoms with Gasteiger partial charge in [-0.3, -0.25) is 4.79 Å². The van der Waals surface area contributed by atoms with E-state index in [1.165, 1.54) is 19.3 Å². The molecular formula is C20H27FN2O4S. The Morgan fingerprint density at radius 2 is 1.71 bits per heavy atom. The lowest BCUT2D eigenvalue weighted by Gasteiger charge is -2.24. The normalized spacial score (nSPS) is 13.5. The van der Waals surface area contributed by atoms with Crippen LogP contribution in [0, 0.1) is 0 Å². The average Bonchev–Trinajstić information content (AvgIpc) is 3.11. The quantitative estimate of drug-likeness (QED) is 0.693. The molecule has 0 unspecified atom stereocenters. The predicted octanol–water partition coefficient (Wildman–Crippen LogP) is 3.78. The molecule has 1 aromatic heterocycles. The minimum absolute atomic E-state index is 0.112. The van der Waals surface area contributed by atoms with Crippen molar-refractivity contribution in [2.45, 2.75) is 25.7 Å². The molecule has 8 heteroatoms. The van der Waals surface area contributed by atoms with Crippen molar-refractivity contribution in [3.05, 3.63) is 52.2 Å². The van der Waals surface area contributed by atoms with E-state index in [4.69, 9.17) is 15.9 Å². The number of halogens is 1. The highest BCUT2D eigenvalue weighted by Crippen LogP contribution is 2.17. The molecule has 1 aliphatic rings. The third-order valence-electron chi connectivity index (χ3n) is 3.94. The number of carbonyl (C=O) groups is 2. The van der Waals surface area contributed by atoms with Crippen LogP contribution in [-0.2, 0) is 11.2 Å². The smallest absolute Gasteiger partial charge is 0.348 e. The van der Waals surface area contributed by atoms with Crippen molar-refractivity contribution in [3.63, 3.8) is 0 Å². The Kier molecular flexibility index (Phi) is 11.5. The van der Waals surface area contributed by atoms with Crippen molar-refractivity contribution in [2.24, 2.45) is 0 Å². The van der Waals surface area contributed by atoms with Crippen LogP contribution in [0.3, 0.4) is 0 Å². The Morgan fingerprint density at radius 3 is 2.14 bits per heavy atom. The second kappa shape index (κ2) is 13.7. The monoisotopic (exact) mass is 410 g/mol. The number of aromatic carboxylic acids is 1. The summed E-state index contributed by atoms with van der Waals surface area (Å²) >= 11 is 1.13. The van der Waals surface area contributed by atoms with Gasteiger partial charge in [0.1, 0.15) is 11.6 Å². The van der Waals surface area contributed by atoms with Crippen molar-refractivity contribution in [3.8, 4) is 0 Å². The number of piperidine rings is 1. The van der Waals surface area contributed by atoms with E-state index in [1.54, 1.807) is 23.6 Å². The molecule has 0 aliphatic carbocycles. The first-order valence-electron chi connectivity index (χ1n) is 9.04. The topological polar surface area (TPSA) is 104 Å². The molecule has 2 heterocycles. The summed E-state index contributed by atoms with van der Waals surface area (Å²) in [4.78, 5) is 22.8. The van der Waals surface area contributed by atoms with E-state index in [2.05, 4.69) is 4.90 Å². The van der Waals surface area contributed by atoms with Crippen LogP contribution in [0.4, 0.5) is 10.1 Å². The molecule has 2 aromatic rings. The fourth-order valence-electron chi connectivity index (χ4n) is 2.57. The van der Waals surface area contributed by atoms with Crippen LogP contribution in [0.15, 0.2) is 41.8 Å². The number of benzene rings is 1. The number of alkyl halides is 1. The van der Waals surface area contributed by atoms with Gasteiger partial charge in [0, 0.05) is 6.54 Å². The molecule has 6 nitrogen and oxygen atoms in total. The highest BCUT2D eigenvalue weighted by molar-refractivity contribution is 7.12. The maximum absolute atomic E-state index is 11.7. The van der Waals surface area contributed by atoms with Crippen LogP contribution in [-0.4, -0.2) is 53.4 Å². The molecular weight excluding hydrogens is 383 g/mol. The molecule has 1 saturated heterocycles. The number of nitrogens with two attached hydrogens (primary N) is 1. The largest absolute Gasteiger partial charge is 0.481 e. The predicted molar refractivity (Wildman–Crippen MR) is 110 cm³/mol. The molecule has 1 aliphatic heterocycles. The first-order chi connectivity index (χ1) is 13.4. The standard InChI is InChI=1S/C8H8O2.C7H14FN.C5H5NO2S/c9-8(10)6-7-4-2-1-3-5-7;8-4-7-9-5-2-1-3-6-9;6-3-1-2-9-4(3)5(7)8/h1-5H,6H2,(H,9,10);1-7H2;1-2H,6H2,(H,7,8). The highest BCUT2D eigenvalue weighted by atomic mass is 32.1. The van der Waals surface area contributed by atoms with E-state index in [1.807, 2.05) is 18.2 Å². The summed E-state index contributed by atoms with van der Waals surface area (Å²) in [6.07, 6.45) is 3.98. The van der Waals surface area contributed by atoms with Gasteiger partial charge in [0.2, 0.25) is 0 Å². The number of carboxylic acids is 2. The number of nitrogen functional groups attached to an aromatic ring is 1. The van der Waals surface area contributed by atoms with Crippen LogP contribution in [0.5, 0.6) is 0 Å².